The molecular formula is C18H18N4O3S3. The molecule has 7 nitrogen and oxygen atoms in total. The van der Waals surface area contributed by atoms with Gasteiger partial charge in [0.1, 0.15) is 5.00 Å². The summed E-state index contributed by atoms with van der Waals surface area (Å²) < 4.78 is 5.67. The van der Waals surface area contributed by atoms with Gasteiger partial charge < -0.3 is 15.4 Å². The van der Waals surface area contributed by atoms with Crippen molar-refractivity contribution in [3.63, 3.8) is 0 Å². The standard InChI is InChI=1S/C18H18N4O3S3/c1-3-25-16(24)13-8-9-26-15(13)20-14(23)10-27-18-22-21-17(28-18)19-12-6-4-11(2)5-7-12/h4-9H,3,10H2,1-2H3,(H,19,21)(H,20,23). The van der Waals surface area contributed by atoms with E-state index in [0.29, 0.717) is 20.0 Å². The molecular weight excluding hydrogens is 416 g/mol. The molecule has 0 saturated heterocycles. The third-order valence-corrected chi connectivity index (χ3v) is 6.25. The molecule has 0 aliphatic carbocycles. The molecule has 0 saturated carbocycles. The fraction of sp³-hybridized carbons (Fsp3) is 0.222. The highest BCUT2D eigenvalue weighted by Crippen LogP contribution is 2.29. The van der Waals surface area contributed by atoms with Crippen LogP contribution in [0.25, 0.3) is 0 Å². The van der Waals surface area contributed by atoms with Gasteiger partial charge in [0, 0.05) is 5.69 Å². The number of hydrogen-bond donors (Lipinski definition) is 2. The first kappa shape index (κ1) is 20.3. The third-order valence-electron chi connectivity index (χ3n) is 3.45. The average molecular weight is 435 g/mol. The minimum absolute atomic E-state index is 0.166. The van der Waals surface area contributed by atoms with Gasteiger partial charge in [0.05, 0.1) is 17.9 Å². The van der Waals surface area contributed by atoms with Crippen LogP contribution in [0.3, 0.4) is 0 Å². The SMILES string of the molecule is CCOC(=O)c1ccsc1NC(=O)CSc1nnc(Nc2ccc(C)cc2)s1. The van der Waals surface area contributed by atoms with Gasteiger partial charge in [-0.15, -0.1) is 21.5 Å². The molecule has 0 unspecified atom stereocenters. The quantitative estimate of drug-likeness (QED) is 0.396. The molecule has 0 fully saturated rings. The predicted molar refractivity (Wildman–Crippen MR) is 114 cm³/mol. The summed E-state index contributed by atoms with van der Waals surface area (Å²) in [5, 5.41) is 17.0. The van der Waals surface area contributed by atoms with Gasteiger partial charge in [0.15, 0.2) is 4.34 Å². The van der Waals surface area contributed by atoms with Crippen LogP contribution in [0.5, 0.6) is 0 Å². The van der Waals surface area contributed by atoms with Crippen molar-refractivity contribution in [2.24, 2.45) is 0 Å². The number of nitrogens with one attached hydrogen (secondary N) is 2. The molecule has 146 valence electrons. The van der Waals surface area contributed by atoms with Crippen LogP contribution in [0.15, 0.2) is 40.1 Å². The third kappa shape index (κ3) is 5.54. The Balaban J connectivity index is 1.51. The Kier molecular flexibility index (Phi) is 7.01. The van der Waals surface area contributed by atoms with E-state index in [0.717, 1.165) is 5.69 Å². The maximum Gasteiger partial charge on any atom is 0.341 e. The van der Waals surface area contributed by atoms with E-state index in [1.54, 1.807) is 18.4 Å². The van der Waals surface area contributed by atoms with E-state index < -0.39 is 5.97 Å². The van der Waals surface area contributed by atoms with Crippen LogP contribution in [0.2, 0.25) is 0 Å². The molecule has 0 aliphatic heterocycles. The average Bonchev–Trinajstić information content (AvgIpc) is 3.31. The van der Waals surface area contributed by atoms with E-state index in [-0.39, 0.29) is 18.3 Å². The first-order chi connectivity index (χ1) is 13.5. The van der Waals surface area contributed by atoms with Crippen molar-refractivity contribution in [1.29, 1.82) is 0 Å². The fourth-order valence-corrected chi connectivity index (χ4v) is 4.51. The van der Waals surface area contributed by atoms with Gasteiger partial charge in [-0.2, -0.15) is 0 Å². The number of thiophene rings is 1. The van der Waals surface area contributed by atoms with Gasteiger partial charge in [-0.25, -0.2) is 4.79 Å². The van der Waals surface area contributed by atoms with Crippen LogP contribution >= 0.6 is 34.4 Å². The van der Waals surface area contributed by atoms with Crippen LogP contribution in [0, 0.1) is 6.92 Å². The number of nitrogens with zero attached hydrogens (tertiary/aromatic N) is 2. The molecule has 10 heteroatoms. The molecule has 3 rings (SSSR count). The lowest BCUT2D eigenvalue weighted by atomic mass is 10.2. The molecule has 2 aromatic heterocycles. The molecule has 3 aromatic rings. The number of carbonyl (C=O) groups is 2. The molecule has 1 amide bonds. The molecule has 0 atom stereocenters. The number of hydrogen-bond acceptors (Lipinski definition) is 9. The van der Waals surface area contributed by atoms with Gasteiger partial charge in [-0.1, -0.05) is 40.8 Å². The highest BCUT2D eigenvalue weighted by molar-refractivity contribution is 8.01. The van der Waals surface area contributed by atoms with Gasteiger partial charge in [-0.3, -0.25) is 4.79 Å². The number of ether oxygens (including phenoxy) is 1. The lowest BCUT2D eigenvalue weighted by Crippen LogP contribution is -2.15. The van der Waals surface area contributed by atoms with Crippen LogP contribution in [0.1, 0.15) is 22.8 Å². The zero-order valence-electron chi connectivity index (χ0n) is 15.2. The monoisotopic (exact) mass is 434 g/mol. The Bertz CT molecular complexity index is 953. The maximum atomic E-state index is 12.2. The van der Waals surface area contributed by atoms with Crippen molar-refractivity contribution >= 4 is 62.1 Å². The van der Waals surface area contributed by atoms with E-state index in [4.69, 9.17) is 4.74 Å². The number of esters is 1. The second-order valence-corrected chi connectivity index (χ2v) is 8.70. The van der Waals surface area contributed by atoms with Crippen molar-refractivity contribution in [2.75, 3.05) is 23.0 Å². The van der Waals surface area contributed by atoms with Gasteiger partial charge in [0.25, 0.3) is 0 Å². The van der Waals surface area contributed by atoms with Gasteiger partial charge >= 0.3 is 5.97 Å². The molecule has 28 heavy (non-hydrogen) atoms. The predicted octanol–water partition coefficient (Wildman–Crippen LogP) is 4.56. The fourth-order valence-electron chi connectivity index (χ4n) is 2.14. The second-order valence-electron chi connectivity index (χ2n) is 5.58. The minimum Gasteiger partial charge on any atom is -0.462 e. The molecule has 1 aromatic carbocycles. The number of benzene rings is 1. The van der Waals surface area contributed by atoms with Crippen LogP contribution in [-0.4, -0.2) is 34.4 Å². The first-order valence-corrected chi connectivity index (χ1v) is 11.1. The van der Waals surface area contributed by atoms with Gasteiger partial charge in [-0.05, 0) is 37.4 Å². The Morgan fingerprint density at radius 1 is 1.18 bits per heavy atom. The van der Waals surface area contributed by atoms with Crippen molar-refractivity contribution in [1.82, 2.24) is 10.2 Å². The van der Waals surface area contributed by atoms with E-state index >= 15 is 0 Å². The minimum atomic E-state index is -0.442. The van der Waals surface area contributed by atoms with Crippen LogP contribution < -0.4 is 10.6 Å². The number of aromatic nitrogens is 2. The van der Waals surface area contributed by atoms with Gasteiger partial charge in [0.2, 0.25) is 11.0 Å². The van der Waals surface area contributed by atoms with E-state index in [1.165, 1.54) is 40.0 Å². The summed E-state index contributed by atoms with van der Waals surface area (Å²) in [6.45, 7) is 4.05. The maximum absolute atomic E-state index is 12.2. The summed E-state index contributed by atoms with van der Waals surface area (Å²) in [6.07, 6.45) is 0. The highest BCUT2D eigenvalue weighted by atomic mass is 32.2. The molecule has 0 aliphatic rings. The van der Waals surface area contributed by atoms with Crippen LogP contribution in [-0.2, 0) is 9.53 Å². The number of carbonyl (C=O) groups excluding carboxylic acids is 2. The summed E-state index contributed by atoms with van der Waals surface area (Å²) in [6, 6.07) is 9.61. The lowest BCUT2D eigenvalue weighted by Gasteiger charge is -2.05. The first-order valence-electron chi connectivity index (χ1n) is 8.39. The number of thioether (sulfide) groups is 1. The molecule has 2 heterocycles. The topological polar surface area (TPSA) is 93.2 Å². The number of anilines is 3. The van der Waals surface area contributed by atoms with E-state index in [9.17, 15) is 9.59 Å². The number of aryl methyl sites for hydroxylation is 1. The molecule has 2 N–H and O–H groups in total. The Morgan fingerprint density at radius 2 is 1.96 bits per heavy atom. The summed E-state index contributed by atoms with van der Waals surface area (Å²) in [7, 11) is 0. The van der Waals surface area contributed by atoms with Crippen molar-refractivity contribution in [3.05, 3.63) is 46.8 Å². The smallest absolute Gasteiger partial charge is 0.341 e. The summed E-state index contributed by atoms with van der Waals surface area (Å²) in [5.41, 5.74) is 2.48. The normalized spacial score (nSPS) is 10.5. The Labute approximate surface area is 174 Å². The second kappa shape index (κ2) is 9.67. The zero-order valence-corrected chi connectivity index (χ0v) is 17.7. The summed E-state index contributed by atoms with van der Waals surface area (Å²) in [4.78, 5) is 24.1. The molecule has 0 radical (unpaired) electrons. The Morgan fingerprint density at radius 3 is 2.71 bits per heavy atom. The number of amides is 1. The van der Waals surface area contributed by atoms with Crippen molar-refractivity contribution in [3.8, 4) is 0 Å². The summed E-state index contributed by atoms with van der Waals surface area (Å²) >= 11 is 3.95. The number of rotatable bonds is 8. The largest absolute Gasteiger partial charge is 0.462 e. The molecule has 0 bridgehead atoms. The van der Waals surface area contributed by atoms with E-state index in [2.05, 4.69) is 20.8 Å². The van der Waals surface area contributed by atoms with Crippen molar-refractivity contribution < 1.29 is 14.3 Å². The highest BCUT2D eigenvalue weighted by Gasteiger charge is 2.16. The van der Waals surface area contributed by atoms with Crippen molar-refractivity contribution in [2.45, 2.75) is 18.2 Å². The summed E-state index contributed by atoms with van der Waals surface area (Å²) in [5.74, 6) is -0.497. The zero-order chi connectivity index (χ0) is 19.9. The Hall–Kier alpha value is -2.43. The van der Waals surface area contributed by atoms with Crippen LogP contribution in [0.4, 0.5) is 15.8 Å². The molecule has 0 spiro atoms. The lowest BCUT2D eigenvalue weighted by molar-refractivity contribution is -0.113. The van der Waals surface area contributed by atoms with E-state index in [1.807, 2.05) is 31.2 Å².